The number of imidazole rings is 1. The van der Waals surface area contributed by atoms with E-state index in [9.17, 15) is 19.4 Å². The number of aromatic nitrogens is 2. The van der Waals surface area contributed by atoms with E-state index >= 15 is 0 Å². The number of aromatic hydroxyl groups is 1. The lowest BCUT2D eigenvalue weighted by Gasteiger charge is -2.33. The van der Waals surface area contributed by atoms with Crippen LogP contribution in [-0.2, 0) is 6.54 Å². The molecule has 7 heteroatoms. The largest absolute Gasteiger partial charge is 0.505 e. The lowest BCUT2D eigenvalue weighted by Crippen LogP contribution is -2.39. The van der Waals surface area contributed by atoms with Gasteiger partial charge in [-0.2, -0.15) is 0 Å². The Bertz CT molecular complexity index is 1060. The fraction of sp³-hybridized carbons (Fsp3) is 0.364. The SMILES string of the molecule is Cc1nc2cc(C(=O)N3CCCC(c4ccc(F)c(O)c4)C3)ccc2n1CCO. The van der Waals surface area contributed by atoms with Crippen molar-refractivity contribution in [3.05, 3.63) is 59.2 Å². The quantitative estimate of drug-likeness (QED) is 0.709. The monoisotopic (exact) mass is 397 g/mol. The summed E-state index contributed by atoms with van der Waals surface area (Å²) in [6, 6.07) is 9.87. The number of benzene rings is 2. The molecule has 2 aromatic carbocycles. The second kappa shape index (κ2) is 7.83. The van der Waals surface area contributed by atoms with Crippen molar-refractivity contribution >= 4 is 16.9 Å². The van der Waals surface area contributed by atoms with Gasteiger partial charge in [0.15, 0.2) is 11.6 Å². The third-order valence-electron chi connectivity index (χ3n) is 5.66. The van der Waals surface area contributed by atoms with E-state index < -0.39 is 5.82 Å². The number of halogens is 1. The zero-order valence-electron chi connectivity index (χ0n) is 16.3. The molecule has 2 N–H and O–H groups in total. The highest BCUT2D eigenvalue weighted by Crippen LogP contribution is 2.31. The molecular weight excluding hydrogens is 373 g/mol. The van der Waals surface area contributed by atoms with Gasteiger partial charge in [-0.05, 0) is 55.7 Å². The minimum Gasteiger partial charge on any atom is -0.505 e. The molecule has 1 saturated heterocycles. The first-order chi connectivity index (χ1) is 14.0. The second-order valence-corrected chi connectivity index (χ2v) is 7.54. The van der Waals surface area contributed by atoms with E-state index in [1.165, 1.54) is 12.1 Å². The van der Waals surface area contributed by atoms with Gasteiger partial charge in [-0.1, -0.05) is 6.07 Å². The van der Waals surface area contributed by atoms with Crippen LogP contribution in [0, 0.1) is 12.7 Å². The average Bonchev–Trinajstić information content (AvgIpc) is 3.04. The summed E-state index contributed by atoms with van der Waals surface area (Å²) < 4.78 is 15.3. The van der Waals surface area contributed by atoms with E-state index in [2.05, 4.69) is 4.98 Å². The Labute approximate surface area is 168 Å². The molecule has 2 heterocycles. The molecule has 0 spiro atoms. The van der Waals surface area contributed by atoms with Crippen LogP contribution in [0.1, 0.15) is 40.5 Å². The van der Waals surface area contributed by atoms with Crippen LogP contribution in [0.3, 0.4) is 0 Å². The number of hydrogen-bond acceptors (Lipinski definition) is 4. The molecule has 1 unspecified atom stereocenters. The van der Waals surface area contributed by atoms with Gasteiger partial charge in [-0.25, -0.2) is 9.37 Å². The highest BCUT2D eigenvalue weighted by molar-refractivity contribution is 5.97. The lowest BCUT2D eigenvalue weighted by molar-refractivity contribution is 0.0707. The number of likely N-dealkylation sites (tertiary alicyclic amines) is 1. The molecular formula is C22H24FN3O3. The summed E-state index contributed by atoms with van der Waals surface area (Å²) in [5, 5.41) is 18.9. The second-order valence-electron chi connectivity index (χ2n) is 7.54. The van der Waals surface area contributed by atoms with Gasteiger partial charge in [0.2, 0.25) is 0 Å². The van der Waals surface area contributed by atoms with Crippen LogP contribution in [0.25, 0.3) is 11.0 Å². The van der Waals surface area contributed by atoms with E-state index in [1.54, 1.807) is 18.2 Å². The molecule has 1 aliphatic heterocycles. The summed E-state index contributed by atoms with van der Waals surface area (Å²) in [6.07, 6.45) is 1.74. The number of carbonyl (C=O) groups is 1. The molecule has 152 valence electrons. The topological polar surface area (TPSA) is 78.6 Å². The minimum absolute atomic E-state index is 0.0289. The number of amides is 1. The molecule has 3 aromatic rings. The van der Waals surface area contributed by atoms with Crippen molar-refractivity contribution in [1.29, 1.82) is 0 Å². The first-order valence-electron chi connectivity index (χ1n) is 9.83. The molecule has 0 bridgehead atoms. The van der Waals surface area contributed by atoms with Gasteiger partial charge in [0.05, 0.1) is 17.6 Å². The van der Waals surface area contributed by atoms with Crippen molar-refractivity contribution in [2.24, 2.45) is 0 Å². The summed E-state index contributed by atoms with van der Waals surface area (Å²) in [7, 11) is 0. The van der Waals surface area contributed by atoms with E-state index in [4.69, 9.17) is 0 Å². The Kier molecular flexibility index (Phi) is 5.24. The number of nitrogens with zero attached hydrogens (tertiary/aromatic N) is 3. The van der Waals surface area contributed by atoms with E-state index in [0.29, 0.717) is 25.2 Å². The normalized spacial score (nSPS) is 17.1. The molecule has 1 atom stereocenters. The summed E-state index contributed by atoms with van der Waals surface area (Å²) >= 11 is 0. The Morgan fingerprint density at radius 3 is 2.86 bits per heavy atom. The third-order valence-corrected chi connectivity index (χ3v) is 5.66. The van der Waals surface area contributed by atoms with Crippen LogP contribution in [0.15, 0.2) is 36.4 Å². The van der Waals surface area contributed by atoms with E-state index in [-0.39, 0.29) is 24.2 Å². The average molecular weight is 397 g/mol. The Balaban J connectivity index is 1.56. The molecule has 1 amide bonds. The van der Waals surface area contributed by atoms with Crippen molar-refractivity contribution in [2.45, 2.75) is 32.2 Å². The maximum atomic E-state index is 13.4. The van der Waals surface area contributed by atoms with Gasteiger partial charge in [-0.15, -0.1) is 0 Å². The molecule has 0 aliphatic carbocycles. The number of aryl methyl sites for hydroxylation is 1. The van der Waals surface area contributed by atoms with Gasteiger partial charge < -0.3 is 19.7 Å². The summed E-state index contributed by atoms with van der Waals surface area (Å²) in [5.41, 5.74) is 3.05. The van der Waals surface area contributed by atoms with Crippen molar-refractivity contribution in [2.75, 3.05) is 19.7 Å². The van der Waals surface area contributed by atoms with Crippen molar-refractivity contribution in [1.82, 2.24) is 14.5 Å². The predicted octanol–water partition coefficient (Wildman–Crippen LogP) is 3.20. The predicted molar refractivity (Wildman–Crippen MR) is 107 cm³/mol. The molecule has 1 aliphatic rings. The van der Waals surface area contributed by atoms with Crippen LogP contribution in [-0.4, -0.2) is 50.3 Å². The molecule has 0 saturated carbocycles. The van der Waals surface area contributed by atoms with Crippen molar-refractivity contribution in [3.63, 3.8) is 0 Å². The number of fused-ring (bicyclic) bond motifs is 1. The van der Waals surface area contributed by atoms with Gasteiger partial charge >= 0.3 is 0 Å². The number of piperidine rings is 1. The Hall–Kier alpha value is -2.93. The minimum atomic E-state index is -0.637. The number of aliphatic hydroxyl groups is 1. The number of rotatable bonds is 4. The third kappa shape index (κ3) is 3.70. The van der Waals surface area contributed by atoms with Crippen LogP contribution >= 0.6 is 0 Å². The fourth-order valence-corrected chi connectivity index (χ4v) is 4.17. The number of aliphatic hydroxyl groups excluding tert-OH is 1. The molecule has 29 heavy (non-hydrogen) atoms. The molecule has 4 rings (SSSR count). The maximum Gasteiger partial charge on any atom is 0.253 e. The molecule has 0 radical (unpaired) electrons. The zero-order valence-corrected chi connectivity index (χ0v) is 16.3. The van der Waals surface area contributed by atoms with Crippen LogP contribution in [0.5, 0.6) is 5.75 Å². The van der Waals surface area contributed by atoms with Crippen molar-refractivity contribution < 1.29 is 19.4 Å². The Morgan fingerprint density at radius 2 is 2.10 bits per heavy atom. The van der Waals surface area contributed by atoms with Gasteiger partial charge in [0, 0.05) is 31.1 Å². The van der Waals surface area contributed by atoms with Crippen LogP contribution in [0.2, 0.25) is 0 Å². The molecule has 1 fully saturated rings. The number of carbonyl (C=O) groups excluding carboxylic acids is 1. The van der Waals surface area contributed by atoms with Crippen molar-refractivity contribution in [3.8, 4) is 5.75 Å². The summed E-state index contributed by atoms with van der Waals surface area (Å²) in [6.45, 7) is 3.57. The summed E-state index contributed by atoms with van der Waals surface area (Å²) in [5.74, 6) is -0.189. The van der Waals surface area contributed by atoms with Gasteiger partial charge in [-0.3, -0.25) is 4.79 Å². The van der Waals surface area contributed by atoms with E-state index in [1.807, 2.05) is 22.5 Å². The smallest absolute Gasteiger partial charge is 0.253 e. The molecule has 6 nitrogen and oxygen atoms in total. The molecule has 1 aromatic heterocycles. The lowest BCUT2D eigenvalue weighted by atomic mass is 9.90. The standard InChI is InChI=1S/C22H24FN3O3/c1-14-24-19-11-16(5-7-20(19)26(14)9-10-27)22(29)25-8-2-3-17(13-25)15-4-6-18(23)21(28)12-15/h4-7,11-12,17,27-28H,2-3,8-10,13H2,1H3. The highest BCUT2D eigenvalue weighted by Gasteiger charge is 2.26. The van der Waals surface area contributed by atoms with Crippen LogP contribution in [0.4, 0.5) is 4.39 Å². The van der Waals surface area contributed by atoms with Gasteiger partial charge in [0.25, 0.3) is 5.91 Å². The van der Waals surface area contributed by atoms with Crippen LogP contribution < -0.4 is 0 Å². The zero-order chi connectivity index (χ0) is 20.5. The Morgan fingerprint density at radius 1 is 1.28 bits per heavy atom. The highest BCUT2D eigenvalue weighted by atomic mass is 19.1. The van der Waals surface area contributed by atoms with Gasteiger partial charge in [0.1, 0.15) is 5.82 Å². The first kappa shape index (κ1) is 19.4. The number of phenols is 1. The first-order valence-corrected chi connectivity index (χ1v) is 9.83. The van der Waals surface area contributed by atoms with E-state index in [0.717, 1.165) is 35.3 Å². The maximum absolute atomic E-state index is 13.4. The number of hydrogen-bond donors (Lipinski definition) is 2. The fourth-order valence-electron chi connectivity index (χ4n) is 4.17. The summed E-state index contributed by atoms with van der Waals surface area (Å²) in [4.78, 5) is 19.4. The number of phenolic OH excluding ortho intramolecular Hbond substituents is 1.